The number of alkyl carbamates (subject to hydrolysis) is 1. The Morgan fingerprint density at radius 1 is 1.12 bits per heavy atom. The maximum Gasteiger partial charge on any atom is 0.407 e. The minimum absolute atomic E-state index is 0.0379. The zero-order chi connectivity index (χ0) is 18.6. The SMILES string of the molecule is CC(C)(C)OC(=O)N[C@H]1CC[C@H](NC(=O)c2cnc(Cl)cc2Cl)CC1. The molecule has 0 saturated heterocycles. The summed E-state index contributed by atoms with van der Waals surface area (Å²) in [6.45, 7) is 5.49. The second-order valence-corrected chi connectivity index (χ2v) is 7.95. The molecule has 0 radical (unpaired) electrons. The number of nitrogens with zero attached hydrogens (tertiary/aromatic N) is 1. The Morgan fingerprint density at radius 2 is 1.68 bits per heavy atom. The maximum atomic E-state index is 12.3. The molecule has 0 atom stereocenters. The van der Waals surface area contributed by atoms with Crippen LogP contribution in [0.25, 0.3) is 0 Å². The molecule has 1 aliphatic rings. The molecule has 0 aliphatic heterocycles. The van der Waals surface area contributed by atoms with Crippen LogP contribution < -0.4 is 10.6 Å². The lowest BCUT2D eigenvalue weighted by atomic mass is 9.91. The van der Waals surface area contributed by atoms with Gasteiger partial charge in [0.15, 0.2) is 0 Å². The Labute approximate surface area is 157 Å². The second kappa shape index (κ2) is 8.23. The number of carbonyl (C=O) groups is 2. The number of hydrogen-bond donors (Lipinski definition) is 2. The summed E-state index contributed by atoms with van der Waals surface area (Å²) < 4.78 is 5.26. The van der Waals surface area contributed by atoms with Gasteiger partial charge in [0.05, 0.1) is 10.6 Å². The van der Waals surface area contributed by atoms with Crippen LogP contribution in [0.1, 0.15) is 56.8 Å². The van der Waals surface area contributed by atoms with E-state index >= 15 is 0 Å². The van der Waals surface area contributed by atoms with E-state index in [1.807, 2.05) is 20.8 Å². The number of rotatable bonds is 3. The molecule has 1 saturated carbocycles. The third-order valence-corrected chi connectivity index (χ3v) is 4.37. The molecule has 138 valence electrons. The van der Waals surface area contributed by atoms with E-state index in [-0.39, 0.29) is 28.2 Å². The molecule has 1 heterocycles. The van der Waals surface area contributed by atoms with Crippen LogP contribution in [0, 0.1) is 0 Å². The lowest BCUT2D eigenvalue weighted by molar-refractivity contribution is 0.0488. The van der Waals surface area contributed by atoms with Crippen molar-refractivity contribution < 1.29 is 14.3 Å². The number of nitrogens with one attached hydrogen (secondary N) is 2. The highest BCUT2D eigenvalue weighted by molar-refractivity contribution is 6.36. The Morgan fingerprint density at radius 3 is 2.20 bits per heavy atom. The first-order chi connectivity index (χ1) is 11.6. The van der Waals surface area contributed by atoms with Crippen molar-refractivity contribution in [2.24, 2.45) is 0 Å². The average Bonchev–Trinajstić information content (AvgIpc) is 2.47. The van der Waals surface area contributed by atoms with E-state index in [0.717, 1.165) is 25.7 Å². The standard InChI is InChI=1S/C17H23Cl2N3O3/c1-17(2,3)25-16(24)22-11-6-4-10(5-7-11)21-15(23)12-9-20-14(19)8-13(12)18/h8-11H,4-7H2,1-3H3,(H,21,23)(H,22,24)/t10-,11-. The van der Waals surface area contributed by atoms with Gasteiger partial charge in [0.2, 0.25) is 0 Å². The molecular weight excluding hydrogens is 365 g/mol. The fourth-order valence-electron chi connectivity index (χ4n) is 2.69. The molecule has 6 nitrogen and oxygen atoms in total. The highest BCUT2D eigenvalue weighted by Crippen LogP contribution is 2.22. The van der Waals surface area contributed by atoms with E-state index in [1.54, 1.807) is 0 Å². The van der Waals surface area contributed by atoms with Crippen molar-refractivity contribution in [1.82, 2.24) is 15.6 Å². The van der Waals surface area contributed by atoms with Crippen molar-refractivity contribution in [3.8, 4) is 0 Å². The molecule has 1 aromatic heterocycles. The van der Waals surface area contributed by atoms with Crippen molar-refractivity contribution >= 4 is 35.2 Å². The number of halogens is 2. The minimum atomic E-state index is -0.513. The predicted molar refractivity (Wildman–Crippen MR) is 97.1 cm³/mol. The summed E-state index contributed by atoms with van der Waals surface area (Å²) in [4.78, 5) is 28.0. The van der Waals surface area contributed by atoms with Gasteiger partial charge in [-0.1, -0.05) is 23.2 Å². The first-order valence-corrected chi connectivity index (χ1v) is 9.01. The largest absolute Gasteiger partial charge is 0.444 e. The van der Waals surface area contributed by atoms with Crippen LogP contribution in [0.5, 0.6) is 0 Å². The summed E-state index contributed by atoms with van der Waals surface area (Å²) in [5.74, 6) is -0.266. The van der Waals surface area contributed by atoms with Crippen LogP contribution in [0.4, 0.5) is 4.79 Å². The monoisotopic (exact) mass is 387 g/mol. The van der Waals surface area contributed by atoms with Gasteiger partial charge in [-0.05, 0) is 52.5 Å². The van der Waals surface area contributed by atoms with Gasteiger partial charge >= 0.3 is 6.09 Å². The number of aromatic nitrogens is 1. The quantitative estimate of drug-likeness (QED) is 0.769. The van der Waals surface area contributed by atoms with Crippen molar-refractivity contribution in [2.45, 2.75) is 64.1 Å². The average molecular weight is 388 g/mol. The van der Waals surface area contributed by atoms with Gasteiger partial charge in [-0.2, -0.15) is 0 Å². The van der Waals surface area contributed by atoms with Crippen molar-refractivity contribution in [3.05, 3.63) is 28.0 Å². The van der Waals surface area contributed by atoms with Crippen LogP contribution in [-0.4, -0.2) is 34.7 Å². The minimum Gasteiger partial charge on any atom is -0.444 e. The van der Waals surface area contributed by atoms with Crippen LogP contribution in [0.2, 0.25) is 10.2 Å². The lowest BCUT2D eigenvalue weighted by Crippen LogP contribution is -2.45. The molecule has 2 amide bonds. The van der Waals surface area contributed by atoms with Gasteiger partial charge in [-0.15, -0.1) is 0 Å². The fraction of sp³-hybridized carbons (Fsp3) is 0.588. The first kappa shape index (κ1) is 19.8. The molecule has 2 rings (SSSR count). The van der Waals surface area contributed by atoms with E-state index in [1.165, 1.54) is 12.3 Å². The Kier molecular flexibility index (Phi) is 6.52. The number of hydrogen-bond acceptors (Lipinski definition) is 4. The molecule has 0 aromatic carbocycles. The third-order valence-electron chi connectivity index (χ3n) is 3.85. The summed E-state index contributed by atoms with van der Waals surface area (Å²) in [5.41, 5.74) is -0.207. The smallest absolute Gasteiger partial charge is 0.407 e. The summed E-state index contributed by atoms with van der Waals surface area (Å²) >= 11 is 11.8. The molecule has 0 unspecified atom stereocenters. The van der Waals surface area contributed by atoms with Crippen LogP contribution >= 0.6 is 23.2 Å². The zero-order valence-electron chi connectivity index (χ0n) is 14.6. The Hall–Kier alpha value is -1.53. The zero-order valence-corrected chi connectivity index (χ0v) is 16.1. The van der Waals surface area contributed by atoms with E-state index in [4.69, 9.17) is 27.9 Å². The van der Waals surface area contributed by atoms with Gasteiger partial charge in [-0.3, -0.25) is 4.79 Å². The molecule has 25 heavy (non-hydrogen) atoms. The van der Waals surface area contributed by atoms with E-state index in [0.29, 0.717) is 5.56 Å². The van der Waals surface area contributed by atoms with E-state index in [2.05, 4.69) is 15.6 Å². The maximum absolute atomic E-state index is 12.3. The summed E-state index contributed by atoms with van der Waals surface area (Å²) in [6, 6.07) is 1.54. The van der Waals surface area contributed by atoms with Crippen LogP contribution in [0.3, 0.4) is 0 Å². The van der Waals surface area contributed by atoms with Gasteiger partial charge in [0.1, 0.15) is 10.8 Å². The topological polar surface area (TPSA) is 80.3 Å². The number of carbonyl (C=O) groups excluding carboxylic acids is 2. The summed E-state index contributed by atoms with van der Waals surface area (Å²) in [7, 11) is 0. The summed E-state index contributed by atoms with van der Waals surface area (Å²) in [5, 5.41) is 6.36. The predicted octanol–water partition coefficient (Wildman–Crippen LogP) is 3.95. The normalized spacial score (nSPS) is 20.7. The van der Waals surface area contributed by atoms with Crippen molar-refractivity contribution in [1.29, 1.82) is 0 Å². The van der Waals surface area contributed by atoms with Gasteiger partial charge in [-0.25, -0.2) is 9.78 Å². The molecule has 0 spiro atoms. The lowest BCUT2D eigenvalue weighted by Gasteiger charge is -2.30. The Balaban J connectivity index is 1.80. The number of pyridine rings is 1. The van der Waals surface area contributed by atoms with Crippen molar-refractivity contribution in [2.75, 3.05) is 0 Å². The van der Waals surface area contributed by atoms with Crippen LogP contribution in [0.15, 0.2) is 12.3 Å². The molecule has 8 heteroatoms. The first-order valence-electron chi connectivity index (χ1n) is 8.25. The number of amides is 2. The van der Waals surface area contributed by atoms with Crippen LogP contribution in [-0.2, 0) is 4.74 Å². The van der Waals surface area contributed by atoms with Crippen molar-refractivity contribution in [3.63, 3.8) is 0 Å². The highest BCUT2D eigenvalue weighted by Gasteiger charge is 2.26. The highest BCUT2D eigenvalue weighted by atomic mass is 35.5. The van der Waals surface area contributed by atoms with Gasteiger partial charge < -0.3 is 15.4 Å². The second-order valence-electron chi connectivity index (χ2n) is 7.16. The third kappa shape index (κ3) is 6.36. The van der Waals surface area contributed by atoms with Gasteiger partial charge in [0.25, 0.3) is 5.91 Å². The fourth-order valence-corrected chi connectivity index (χ4v) is 3.15. The van der Waals surface area contributed by atoms with E-state index < -0.39 is 11.7 Å². The van der Waals surface area contributed by atoms with Gasteiger partial charge in [0, 0.05) is 18.3 Å². The molecule has 1 fully saturated rings. The Bertz CT molecular complexity index is 639. The molecular formula is C17H23Cl2N3O3. The number of ether oxygens (including phenoxy) is 1. The molecule has 0 bridgehead atoms. The molecule has 1 aliphatic carbocycles. The molecule has 1 aromatic rings. The molecule has 2 N–H and O–H groups in total. The van der Waals surface area contributed by atoms with E-state index in [9.17, 15) is 9.59 Å². The summed E-state index contributed by atoms with van der Waals surface area (Å²) in [6.07, 6.45) is 4.05.